The molecule has 94 valence electrons. The van der Waals surface area contributed by atoms with Crippen molar-refractivity contribution in [1.82, 2.24) is 0 Å². The van der Waals surface area contributed by atoms with Crippen LogP contribution in [0.3, 0.4) is 0 Å². The molecule has 2 aliphatic rings. The maximum Gasteiger partial charge on any atom is 0.0655 e. The van der Waals surface area contributed by atoms with Gasteiger partial charge in [0.2, 0.25) is 0 Å². The van der Waals surface area contributed by atoms with E-state index in [0.717, 1.165) is 30.6 Å². The molecule has 17 heavy (non-hydrogen) atoms. The first-order valence-corrected chi connectivity index (χ1v) is 7.34. The van der Waals surface area contributed by atoms with E-state index in [4.69, 9.17) is 5.26 Å². The van der Waals surface area contributed by atoms with Crippen molar-refractivity contribution in [3.63, 3.8) is 0 Å². The third kappa shape index (κ3) is 3.35. The molecule has 0 unspecified atom stereocenters. The summed E-state index contributed by atoms with van der Waals surface area (Å²) in [5.41, 5.74) is 0. The van der Waals surface area contributed by atoms with Gasteiger partial charge in [0, 0.05) is 5.92 Å². The number of nitriles is 1. The fraction of sp³-hybridized carbons (Fsp3) is 0.812. The van der Waals surface area contributed by atoms with Gasteiger partial charge in [-0.25, -0.2) is 0 Å². The van der Waals surface area contributed by atoms with Gasteiger partial charge >= 0.3 is 0 Å². The highest BCUT2D eigenvalue weighted by atomic mass is 14.4. The highest BCUT2D eigenvalue weighted by Crippen LogP contribution is 2.41. The van der Waals surface area contributed by atoms with E-state index >= 15 is 0 Å². The normalized spacial score (nSPS) is 38.3. The zero-order valence-electron chi connectivity index (χ0n) is 10.9. The van der Waals surface area contributed by atoms with Crippen LogP contribution in [0.25, 0.3) is 0 Å². The smallest absolute Gasteiger partial charge is 0.0655 e. The summed E-state index contributed by atoms with van der Waals surface area (Å²) in [5.74, 6) is 3.18. The summed E-state index contributed by atoms with van der Waals surface area (Å²) >= 11 is 0. The Hall–Kier alpha value is -0.770. The predicted octanol–water partition coefficient (Wildman–Crippen LogP) is 4.70. The van der Waals surface area contributed by atoms with Crippen molar-refractivity contribution in [3.8, 4) is 6.07 Å². The Morgan fingerprint density at radius 2 is 1.47 bits per heavy atom. The molecule has 0 radical (unpaired) electrons. The zero-order chi connectivity index (χ0) is 12.1. The summed E-state index contributed by atoms with van der Waals surface area (Å²) in [4.78, 5) is 0. The van der Waals surface area contributed by atoms with E-state index in [9.17, 15) is 0 Å². The quantitative estimate of drug-likeness (QED) is 0.646. The molecular weight excluding hydrogens is 206 g/mol. The molecule has 1 heteroatoms. The molecule has 2 rings (SSSR count). The average molecular weight is 231 g/mol. The van der Waals surface area contributed by atoms with E-state index in [1.807, 2.05) is 0 Å². The van der Waals surface area contributed by atoms with Crippen LogP contribution in [-0.2, 0) is 0 Å². The number of allylic oxidation sites excluding steroid dienone is 1. The lowest BCUT2D eigenvalue weighted by Gasteiger charge is -2.36. The van der Waals surface area contributed by atoms with Crippen molar-refractivity contribution >= 4 is 0 Å². The molecule has 0 aromatic heterocycles. The summed E-state index contributed by atoms with van der Waals surface area (Å²) in [6.45, 7) is 3.85. The second kappa shape index (κ2) is 6.24. The van der Waals surface area contributed by atoms with Crippen LogP contribution in [0.1, 0.15) is 57.8 Å². The lowest BCUT2D eigenvalue weighted by molar-refractivity contribution is 0.157. The predicted molar refractivity (Wildman–Crippen MR) is 71.3 cm³/mol. The van der Waals surface area contributed by atoms with Crippen LogP contribution in [0.4, 0.5) is 0 Å². The summed E-state index contributed by atoms with van der Waals surface area (Å²) in [5, 5.41) is 8.92. The standard InChI is InChI=1S/C16H25N/c1-2-3-13-4-8-15(9-5-13)16-10-6-14(12-17)7-11-16/h2,13-16H,1,3-11H2/t13-,14-,15-,16-. The molecule has 0 heterocycles. The molecule has 0 N–H and O–H groups in total. The van der Waals surface area contributed by atoms with Gasteiger partial charge in [0.05, 0.1) is 6.07 Å². The second-order valence-electron chi connectivity index (χ2n) is 6.05. The molecule has 0 aromatic carbocycles. The van der Waals surface area contributed by atoms with Gasteiger partial charge in [-0.15, -0.1) is 6.58 Å². The minimum atomic E-state index is 0.364. The highest BCUT2D eigenvalue weighted by Gasteiger charge is 2.30. The van der Waals surface area contributed by atoms with Gasteiger partial charge in [-0.3, -0.25) is 0 Å². The lowest BCUT2D eigenvalue weighted by Crippen LogP contribution is -2.25. The summed E-state index contributed by atoms with van der Waals surface area (Å²) in [6, 6.07) is 2.44. The van der Waals surface area contributed by atoms with Crippen molar-refractivity contribution in [2.75, 3.05) is 0 Å². The Morgan fingerprint density at radius 1 is 0.941 bits per heavy atom. The molecule has 0 spiro atoms. The summed E-state index contributed by atoms with van der Waals surface area (Å²) in [7, 11) is 0. The summed E-state index contributed by atoms with van der Waals surface area (Å²) in [6.07, 6.45) is 13.9. The van der Waals surface area contributed by atoms with E-state index in [0.29, 0.717) is 5.92 Å². The van der Waals surface area contributed by atoms with Gasteiger partial charge in [-0.2, -0.15) is 5.26 Å². The van der Waals surface area contributed by atoms with Gasteiger partial charge < -0.3 is 0 Å². The fourth-order valence-corrected chi connectivity index (χ4v) is 3.85. The molecule has 0 amide bonds. The van der Waals surface area contributed by atoms with Crippen molar-refractivity contribution in [2.45, 2.75) is 57.8 Å². The average Bonchev–Trinajstić information content (AvgIpc) is 2.40. The maximum absolute atomic E-state index is 8.92. The Morgan fingerprint density at radius 3 is 1.94 bits per heavy atom. The SMILES string of the molecule is C=CC[C@H]1CC[C@H]([C@H]2CC[C@H](C#N)CC2)CC1. The molecule has 1 nitrogen and oxygen atoms in total. The van der Waals surface area contributed by atoms with Crippen molar-refractivity contribution < 1.29 is 0 Å². The van der Waals surface area contributed by atoms with Crippen LogP contribution >= 0.6 is 0 Å². The minimum absolute atomic E-state index is 0.364. The monoisotopic (exact) mass is 231 g/mol. The molecule has 2 saturated carbocycles. The highest BCUT2D eigenvalue weighted by molar-refractivity contribution is 4.90. The molecule has 0 aliphatic heterocycles. The topological polar surface area (TPSA) is 23.8 Å². The second-order valence-corrected chi connectivity index (χ2v) is 6.05. The van der Waals surface area contributed by atoms with Gasteiger partial charge in [0.1, 0.15) is 0 Å². The Labute approximate surface area is 106 Å². The van der Waals surface area contributed by atoms with Gasteiger partial charge in [-0.1, -0.05) is 6.08 Å². The van der Waals surface area contributed by atoms with Crippen LogP contribution in [0.15, 0.2) is 12.7 Å². The van der Waals surface area contributed by atoms with E-state index in [-0.39, 0.29) is 0 Å². The zero-order valence-corrected chi connectivity index (χ0v) is 10.9. The third-order valence-electron chi connectivity index (χ3n) is 5.01. The third-order valence-corrected chi connectivity index (χ3v) is 5.01. The first-order chi connectivity index (χ1) is 8.33. The van der Waals surface area contributed by atoms with E-state index < -0.39 is 0 Å². The van der Waals surface area contributed by atoms with E-state index in [2.05, 4.69) is 18.7 Å². The Kier molecular flexibility index (Phi) is 4.66. The molecule has 0 aromatic rings. The maximum atomic E-state index is 8.92. The lowest BCUT2D eigenvalue weighted by atomic mass is 9.69. The van der Waals surface area contributed by atoms with Crippen molar-refractivity contribution in [2.24, 2.45) is 23.7 Å². The molecule has 2 aliphatic carbocycles. The molecule has 0 bridgehead atoms. The molecule has 2 fully saturated rings. The number of nitrogens with zero attached hydrogens (tertiary/aromatic N) is 1. The van der Waals surface area contributed by atoms with Gasteiger partial charge in [-0.05, 0) is 75.5 Å². The number of rotatable bonds is 3. The number of hydrogen-bond donors (Lipinski definition) is 0. The van der Waals surface area contributed by atoms with Crippen LogP contribution in [0.5, 0.6) is 0 Å². The van der Waals surface area contributed by atoms with Crippen LogP contribution in [0, 0.1) is 35.0 Å². The van der Waals surface area contributed by atoms with Crippen molar-refractivity contribution in [3.05, 3.63) is 12.7 Å². The first kappa shape index (κ1) is 12.7. The van der Waals surface area contributed by atoms with Crippen LogP contribution in [-0.4, -0.2) is 0 Å². The van der Waals surface area contributed by atoms with E-state index in [1.165, 1.54) is 44.9 Å². The van der Waals surface area contributed by atoms with Crippen LogP contribution in [0.2, 0.25) is 0 Å². The van der Waals surface area contributed by atoms with Gasteiger partial charge in [0.15, 0.2) is 0 Å². The minimum Gasteiger partial charge on any atom is -0.198 e. The molecule has 0 saturated heterocycles. The largest absolute Gasteiger partial charge is 0.198 e. The first-order valence-electron chi connectivity index (χ1n) is 7.34. The Bertz CT molecular complexity index is 272. The van der Waals surface area contributed by atoms with E-state index in [1.54, 1.807) is 0 Å². The van der Waals surface area contributed by atoms with Gasteiger partial charge in [0.25, 0.3) is 0 Å². The molecular formula is C16H25N. The number of hydrogen-bond acceptors (Lipinski definition) is 1. The summed E-state index contributed by atoms with van der Waals surface area (Å²) < 4.78 is 0. The fourth-order valence-electron chi connectivity index (χ4n) is 3.85. The molecule has 0 atom stereocenters. The Balaban J connectivity index is 1.74. The van der Waals surface area contributed by atoms with Crippen LogP contribution < -0.4 is 0 Å². The van der Waals surface area contributed by atoms with Crippen molar-refractivity contribution in [1.29, 1.82) is 5.26 Å².